The van der Waals surface area contributed by atoms with Gasteiger partial charge in [-0.1, -0.05) is 17.7 Å². The molecule has 1 aromatic heterocycles. The second-order valence-electron chi connectivity index (χ2n) is 4.07. The smallest absolute Gasteiger partial charge is 0.0815 e. The van der Waals surface area contributed by atoms with Gasteiger partial charge >= 0.3 is 0 Å². The number of rotatable bonds is 2. The summed E-state index contributed by atoms with van der Waals surface area (Å²) in [5, 5.41) is 8.57. The van der Waals surface area contributed by atoms with Crippen LogP contribution in [0, 0.1) is 0 Å². The molecule has 1 aromatic carbocycles. The first-order chi connectivity index (χ1) is 8.29. The summed E-state index contributed by atoms with van der Waals surface area (Å²) in [4.78, 5) is 0. The molecule has 0 fully saturated rings. The van der Waals surface area contributed by atoms with Gasteiger partial charge in [-0.3, -0.25) is 0 Å². The number of aromatic nitrogens is 2. The molecule has 0 aliphatic carbocycles. The van der Waals surface area contributed by atoms with Crippen LogP contribution in [0.2, 0.25) is 5.02 Å². The highest BCUT2D eigenvalue weighted by Crippen LogP contribution is 2.23. The van der Waals surface area contributed by atoms with Crippen LogP contribution < -0.4 is 11.1 Å². The minimum atomic E-state index is 0.483. The fourth-order valence-electron chi connectivity index (χ4n) is 2.22. The van der Waals surface area contributed by atoms with E-state index in [4.69, 9.17) is 17.3 Å². The lowest BCUT2D eigenvalue weighted by atomic mass is 10.2. The van der Waals surface area contributed by atoms with Gasteiger partial charge in [0.15, 0.2) is 0 Å². The van der Waals surface area contributed by atoms with E-state index >= 15 is 0 Å². The average Bonchev–Trinajstić information content (AvgIpc) is 2.88. The molecule has 0 spiro atoms. The third kappa shape index (κ3) is 1.74. The summed E-state index contributed by atoms with van der Waals surface area (Å²) < 4.78 is 1.90. The minimum Gasteiger partial charge on any atom is -0.325 e. The van der Waals surface area contributed by atoms with Gasteiger partial charge in [-0.2, -0.15) is 5.10 Å². The molecule has 3 rings (SSSR count). The summed E-state index contributed by atoms with van der Waals surface area (Å²) in [6, 6.07) is 7.66. The highest BCUT2D eigenvalue weighted by molar-refractivity contribution is 6.30. The molecule has 2 heterocycles. The normalized spacial score (nSPS) is 14.0. The number of nitrogens with two attached hydrogens (primary N) is 1. The predicted molar refractivity (Wildman–Crippen MR) is 67.0 cm³/mol. The Kier molecular flexibility index (Phi) is 2.63. The van der Waals surface area contributed by atoms with Gasteiger partial charge in [0, 0.05) is 30.2 Å². The molecule has 1 aliphatic rings. The van der Waals surface area contributed by atoms with Crippen LogP contribution in [0.1, 0.15) is 17.0 Å². The van der Waals surface area contributed by atoms with Crippen LogP contribution in [-0.2, 0) is 19.6 Å². The van der Waals surface area contributed by atoms with Gasteiger partial charge in [0.1, 0.15) is 0 Å². The lowest BCUT2D eigenvalue weighted by Gasteiger charge is -2.08. The molecular weight excluding hydrogens is 236 g/mol. The van der Waals surface area contributed by atoms with Gasteiger partial charge in [-0.05, 0) is 18.2 Å². The summed E-state index contributed by atoms with van der Waals surface area (Å²) >= 11 is 6.00. The molecular formula is C12H13ClN4. The van der Waals surface area contributed by atoms with Crippen molar-refractivity contribution in [3.8, 4) is 5.69 Å². The molecule has 17 heavy (non-hydrogen) atoms. The zero-order valence-corrected chi connectivity index (χ0v) is 10.0. The number of nitrogens with one attached hydrogen (secondary N) is 1. The maximum Gasteiger partial charge on any atom is 0.0815 e. The fourth-order valence-corrected chi connectivity index (χ4v) is 2.40. The largest absolute Gasteiger partial charge is 0.325 e. The number of halogens is 1. The van der Waals surface area contributed by atoms with Crippen LogP contribution in [0.15, 0.2) is 24.3 Å². The molecule has 2 aromatic rings. The fraction of sp³-hybridized carbons (Fsp3) is 0.250. The lowest BCUT2D eigenvalue weighted by Crippen LogP contribution is -2.12. The summed E-state index contributed by atoms with van der Waals surface area (Å²) in [6.07, 6.45) is 0. The Morgan fingerprint density at radius 3 is 3.06 bits per heavy atom. The number of fused-ring (bicyclic) bond motifs is 1. The SMILES string of the molecule is NCc1c2c(nn1-c1cccc(Cl)c1)CNC2. The van der Waals surface area contributed by atoms with E-state index in [1.165, 1.54) is 5.56 Å². The Morgan fingerprint density at radius 2 is 2.29 bits per heavy atom. The zero-order valence-electron chi connectivity index (χ0n) is 9.28. The van der Waals surface area contributed by atoms with E-state index in [-0.39, 0.29) is 0 Å². The van der Waals surface area contributed by atoms with Crippen molar-refractivity contribution >= 4 is 11.6 Å². The predicted octanol–water partition coefficient (Wildman–Crippen LogP) is 1.59. The minimum absolute atomic E-state index is 0.483. The summed E-state index contributed by atoms with van der Waals surface area (Å²) in [6.45, 7) is 2.15. The topological polar surface area (TPSA) is 55.9 Å². The van der Waals surface area contributed by atoms with Crippen LogP contribution in [0.3, 0.4) is 0 Å². The Bertz CT molecular complexity index is 562. The molecule has 0 saturated heterocycles. The van der Waals surface area contributed by atoms with E-state index in [9.17, 15) is 0 Å². The van der Waals surface area contributed by atoms with Crippen molar-refractivity contribution in [2.45, 2.75) is 19.6 Å². The van der Waals surface area contributed by atoms with E-state index in [1.807, 2.05) is 28.9 Å². The van der Waals surface area contributed by atoms with Crippen molar-refractivity contribution in [2.75, 3.05) is 0 Å². The molecule has 0 radical (unpaired) electrons. The van der Waals surface area contributed by atoms with Gasteiger partial charge in [0.25, 0.3) is 0 Å². The summed E-state index contributed by atoms with van der Waals surface area (Å²) in [7, 11) is 0. The average molecular weight is 249 g/mol. The van der Waals surface area contributed by atoms with Crippen LogP contribution in [0.5, 0.6) is 0 Å². The maximum absolute atomic E-state index is 6.00. The summed E-state index contributed by atoms with van der Waals surface area (Å²) in [5.41, 5.74) is 10.2. The first-order valence-corrected chi connectivity index (χ1v) is 5.94. The van der Waals surface area contributed by atoms with E-state index in [0.29, 0.717) is 11.6 Å². The van der Waals surface area contributed by atoms with Crippen LogP contribution in [0.4, 0.5) is 0 Å². The van der Waals surface area contributed by atoms with Gasteiger partial charge < -0.3 is 11.1 Å². The van der Waals surface area contributed by atoms with Crippen LogP contribution in [0.25, 0.3) is 5.69 Å². The Morgan fingerprint density at radius 1 is 1.41 bits per heavy atom. The van der Waals surface area contributed by atoms with Gasteiger partial charge in [-0.15, -0.1) is 0 Å². The first kappa shape index (κ1) is 10.8. The van der Waals surface area contributed by atoms with Gasteiger partial charge in [-0.25, -0.2) is 4.68 Å². The number of hydrogen-bond donors (Lipinski definition) is 2. The van der Waals surface area contributed by atoms with Crippen molar-refractivity contribution in [3.05, 3.63) is 46.2 Å². The Balaban J connectivity index is 2.15. The van der Waals surface area contributed by atoms with Crippen molar-refractivity contribution in [3.63, 3.8) is 0 Å². The lowest BCUT2D eigenvalue weighted by molar-refractivity contribution is 0.698. The van der Waals surface area contributed by atoms with Crippen molar-refractivity contribution in [1.82, 2.24) is 15.1 Å². The third-order valence-electron chi connectivity index (χ3n) is 3.01. The van der Waals surface area contributed by atoms with E-state index in [0.717, 1.165) is 30.2 Å². The monoisotopic (exact) mass is 248 g/mol. The molecule has 0 atom stereocenters. The summed E-state index contributed by atoms with van der Waals surface area (Å²) in [5.74, 6) is 0. The van der Waals surface area contributed by atoms with E-state index in [2.05, 4.69) is 10.4 Å². The van der Waals surface area contributed by atoms with Crippen molar-refractivity contribution in [1.29, 1.82) is 0 Å². The quantitative estimate of drug-likeness (QED) is 0.849. The molecule has 0 bridgehead atoms. The highest BCUT2D eigenvalue weighted by Gasteiger charge is 2.21. The molecule has 4 nitrogen and oxygen atoms in total. The number of nitrogens with zero attached hydrogens (tertiary/aromatic N) is 2. The number of hydrogen-bond acceptors (Lipinski definition) is 3. The molecule has 3 N–H and O–H groups in total. The van der Waals surface area contributed by atoms with E-state index < -0.39 is 0 Å². The molecule has 0 amide bonds. The molecule has 88 valence electrons. The molecule has 0 unspecified atom stereocenters. The molecule has 1 aliphatic heterocycles. The Labute approximate surface area is 104 Å². The highest BCUT2D eigenvalue weighted by atomic mass is 35.5. The number of benzene rings is 1. The van der Waals surface area contributed by atoms with E-state index in [1.54, 1.807) is 0 Å². The second-order valence-corrected chi connectivity index (χ2v) is 4.51. The second kappa shape index (κ2) is 4.14. The first-order valence-electron chi connectivity index (χ1n) is 5.56. The Hall–Kier alpha value is -1.36. The molecule has 5 heteroatoms. The van der Waals surface area contributed by atoms with Crippen LogP contribution >= 0.6 is 11.6 Å². The van der Waals surface area contributed by atoms with Gasteiger partial charge in [0.05, 0.1) is 17.1 Å². The maximum atomic E-state index is 6.00. The van der Waals surface area contributed by atoms with Gasteiger partial charge in [0.2, 0.25) is 0 Å². The van der Waals surface area contributed by atoms with Crippen molar-refractivity contribution in [2.24, 2.45) is 5.73 Å². The van der Waals surface area contributed by atoms with Crippen molar-refractivity contribution < 1.29 is 0 Å². The molecule has 0 saturated carbocycles. The third-order valence-corrected chi connectivity index (χ3v) is 3.25. The zero-order chi connectivity index (χ0) is 11.8. The van der Waals surface area contributed by atoms with Crippen LogP contribution in [-0.4, -0.2) is 9.78 Å². The standard InChI is InChI=1S/C12H13ClN4/c13-8-2-1-3-9(4-8)17-12(5-14)10-6-15-7-11(10)16-17/h1-4,15H,5-7,14H2.